The van der Waals surface area contributed by atoms with Crippen molar-refractivity contribution in [3.05, 3.63) is 65.4 Å². The first-order valence-electron chi connectivity index (χ1n) is 10.5. The summed E-state index contributed by atoms with van der Waals surface area (Å²) in [6.45, 7) is 2.19. The maximum atomic E-state index is 9.65. The van der Waals surface area contributed by atoms with Crippen LogP contribution < -0.4 is 4.57 Å². The summed E-state index contributed by atoms with van der Waals surface area (Å²) in [7, 11) is 2.07. The molecule has 1 aliphatic carbocycles. The number of hydrogen-bond acceptors (Lipinski definition) is 2. The quantitative estimate of drug-likeness (QED) is 0.382. The van der Waals surface area contributed by atoms with Crippen molar-refractivity contribution in [1.29, 1.82) is 5.26 Å². The molecule has 0 unspecified atom stereocenters. The maximum Gasteiger partial charge on any atom is 0.216 e. The van der Waals surface area contributed by atoms with Crippen molar-refractivity contribution < 1.29 is 8.98 Å². The van der Waals surface area contributed by atoms with Gasteiger partial charge < -0.3 is 4.42 Å². The topological polar surface area (TPSA) is 40.8 Å². The fourth-order valence-electron chi connectivity index (χ4n) is 5.06. The van der Waals surface area contributed by atoms with E-state index in [0.717, 1.165) is 22.2 Å². The summed E-state index contributed by atoms with van der Waals surface area (Å²) < 4.78 is 8.63. The van der Waals surface area contributed by atoms with Crippen molar-refractivity contribution in [3.63, 3.8) is 0 Å². The van der Waals surface area contributed by atoms with Gasteiger partial charge in [0.05, 0.1) is 11.1 Å². The molecule has 0 atom stereocenters. The van der Waals surface area contributed by atoms with Gasteiger partial charge >= 0.3 is 0 Å². The number of nitriles is 1. The minimum Gasteiger partial charge on any atom is -0.454 e. The van der Waals surface area contributed by atoms with Gasteiger partial charge in [0.15, 0.2) is 11.8 Å². The smallest absolute Gasteiger partial charge is 0.216 e. The van der Waals surface area contributed by atoms with Crippen molar-refractivity contribution in [1.82, 2.24) is 0 Å². The molecule has 3 nitrogen and oxygen atoms in total. The average Bonchev–Trinajstić information content (AvgIpc) is 3.14. The summed E-state index contributed by atoms with van der Waals surface area (Å²) in [6, 6.07) is 16.9. The van der Waals surface area contributed by atoms with E-state index in [-0.39, 0.29) is 0 Å². The lowest BCUT2D eigenvalue weighted by atomic mass is 9.80. The Bertz CT molecular complexity index is 1270. The van der Waals surface area contributed by atoms with E-state index in [4.69, 9.17) is 4.42 Å². The first-order valence-corrected chi connectivity index (χ1v) is 10.5. The third kappa shape index (κ3) is 2.83. The van der Waals surface area contributed by atoms with E-state index in [9.17, 15) is 5.26 Å². The van der Waals surface area contributed by atoms with Gasteiger partial charge in [-0.3, -0.25) is 0 Å². The second kappa shape index (κ2) is 7.04. The van der Waals surface area contributed by atoms with Gasteiger partial charge in [-0.05, 0) is 48.9 Å². The first kappa shape index (κ1) is 17.9. The molecule has 3 heteroatoms. The standard InChI is InChI=1S/C26H25N2O/c1-17-15-21(18-9-4-3-5-10-18)24-20-12-8-11-19(16-27)25(20)29-26(24)23(17)22-13-6-7-14-28(22)2/h6-8,11-15,18H,3-5,9-10H2,1-2H3/q+1. The number of hydrogen-bond donors (Lipinski definition) is 0. The summed E-state index contributed by atoms with van der Waals surface area (Å²) in [5, 5.41) is 11.9. The predicted octanol–water partition coefficient (Wildman–Crippen LogP) is 6.31. The molecule has 0 bridgehead atoms. The van der Waals surface area contributed by atoms with Crippen LogP contribution in [0.1, 0.15) is 54.7 Å². The van der Waals surface area contributed by atoms with E-state index in [0.29, 0.717) is 17.1 Å². The lowest BCUT2D eigenvalue weighted by Gasteiger charge is -2.23. The number of nitrogens with zero attached hydrogens (tertiary/aromatic N) is 2. The van der Waals surface area contributed by atoms with Crippen LogP contribution in [-0.4, -0.2) is 0 Å². The van der Waals surface area contributed by atoms with E-state index in [1.54, 1.807) is 0 Å². The Hall–Kier alpha value is -3.12. The molecule has 1 saturated carbocycles. The van der Waals surface area contributed by atoms with E-state index in [2.05, 4.69) is 55.1 Å². The lowest BCUT2D eigenvalue weighted by Crippen LogP contribution is -2.30. The first-order chi connectivity index (χ1) is 14.2. The SMILES string of the molecule is Cc1cc(C2CCCCC2)c2c(oc3c(C#N)cccc32)c1-c1cccc[n+]1C. The Kier molecular flexibility index (Phi) is 4.36. The van der Waals surface area contributed by atoms with Gasteiger partial charge in [-0.25, -0.2) is 4.57 Å². The van der Waals surface area contributed by atoms with Crippen molar-refractivity contribution in [2.45, 2.75) is 44.9 Å². The minimum absolute atomic E-state index is 0.565. The number of pyridine rings is 1. The molecule has 5 rings (SSSR count). The molecule has 2 aromatic heterocycles. The number of rotatable bonds is 2. The van der Waals surface area contributed by atoms with Gasteiger partial charge in [0.2, 0.25) is 5.69 Å². The predicted molar refractivity (Wildman–Crippen MR) is 116 cm³/mol. The summed E-state index contributed by atoms with van der Waals surface area (Å²) in [6.07, 6.45) is 8.45. The second-order valence-corrected chi connectivity index (χ2v) is 8.29. The molecule has 0 amide bonds. The van der Waals surface area contributed by atoms with Crippen LogP contribution in [0.5, 0.6) is 0 Å². The number of benzene rings is 2. The van der Waals surface area contributed by atoms with E-state index < -0.39 is 0 Å². The minimum atomic E-state index is 0.565. The van der Waals surface area contributed by atoms with Gasteiger partial charge in [-0.1, -0.05) is 37.5 Å². The lowest BCUT2D eigenvalue weighted by molar-refractivity contribution is -0.660. The van der Waals surface area contributed by atoms with Crippen LogP contribution in [0.3, 0.4) is 0 Å². The van der Waals surface area contributed by atoms with Crippen LogP contribution in [0.15, 0.2) is 53.1 Å². The van der Waals surface area contributed by atoms with Gasteiger partial charge in [-0.15, -0.1) is 0 Å². The Balaban J connectivity index is 1.92. The molecule has 29 heavy (non-hydrogen) atoms. The zero-order valence-corrected chi connectivity index (χ0v) is 17.0. The molecular weight excluding hydrogens is 356 g/mol. The molecule has 144 valence electrons. The van der Waals surface area contributed by atoms with Crippen LogP contribution in [0.25, 0.3) is 33.2 Å². The summed E-state index contributed by atoms with van der Waals surface area (Å²) >= 11 is 0. The van der Waals surface area contributed by atoms with Gasteiger partial charge in [0.25, 0.3) is 0 Å². The highest BCUT2D eigenvalue weighted by Gasteiger charge is 2.27. The van der Waals surface area contributed by atoms with Crippen LogP contribution in [0, 0.1) is 18.3 Å². The van der Waals surface area contributed by atoms with Gasteiger partial charge in [-0.2, -0.15) is 5.26 Å². The fraction of sp³-hybridized carbons (Fsp3) is 0.308. The number of fused-ring (bicyclic) bond motifs is 3. The van der Waals surface area contributed by atoms with Crippen molar-refractivity contribution >= 4 is 21.9 Å². The molecule has 4 aromatic rings. The molecule has 1 fully saturated rings. The zero-order valence-electron chi connectivity index (χ0n) is 17.0. The maximum absolute atomic E-state index is 9.65. The Morgan fingerprint density at radius 1 is 1.03 bits per heavy atom. The molecule has 0 spiro atoms. The molecule has 0 N–H and O–H groups in total. The highest BCUT2D eigenvalue weighted by molar-refractivity contribution is 6.12. The summed E-state index contributed by atoms with van der Waals surface area (Å²) in [5.74, 6) is 0.565. The normalized spacial score (nSPS) is 15.1. The molecule has 0 saturated heterocycles. The Labute approximate surface area is 171 Å². The number of aryl methyl sites for hydroxylation is 2. The number of furan rings is 1. The summed E-state index contributed by atoms with van der Waals surface area (Å²) in [5.41, 5.74) is 7.13. The third-order valence-electron chi connectivity index (χ3n) is 6.47. The third-order valence-corrected chi connectivity index (χ3v) is 6.47. The van der Waals surface area contributed by atoms with Crippen molar-refractivity contribution in [3.8, 4) is 17.3 Å². The second-order valence-electron chi connectivity index (χ2n) is 8.29. The number of aromatic nitrogens is 1. The molecule has 0 radical (unpaired) electrons. The molecule has 2 heterocycles. The van der Waals surface area contributed by atoms with E-state index >= 15 is 0 Å². The zero-order chi connectivity index (χ0) is 20.0. The van der Waals surface area contributed by atoms with Crippen LogP contribution >= 0.6 is 0 Å². The number of para-hydroxylation sites is 1. The Morgan fingerprint density at radius 3 is 2.62 bits per heavy atom. The summed E-state index contributed by atoms with van der Waals surface area (Å²) in [4.78, 5) is 0. The van der Waals surface area contributed by atoms with E-state index in [1.807, 2.05) is 18.2 Å². The highest BCUT2D eigenvalue weighted by atomic mass is 16.3. The van der Waals surface area contributed by atoms with Crippen molar-refractivity contribution in [2.24, 2.45) is 7.05 Å². The van der Waals surface area contributed by atoms with Gasteiger partial charge in [0.1, 0.15) is 18.7 Å². The monoisotopic (exact) mass is 381 g/mol. The van der Waals surface area contributed by atoms with Crippen LogP contribution in [-0.2, 0) is 7.05 Å². The van der Waals surface area contributed by atoms with Crippen LogP contribution in [0.2, 0.25) is 0 Å². The molecule has 1 aliphatic rings. The molecule has 0 aliphatic heterocycles. The molecule has 2 aromatic carbocycles. The average molecular weight is 381 g/mol. The van der Waals surface area contributed by atoms with Crippen LogP contribution in [0.4, 0.5) is 0 Å². The largest absolute Gasteiger partial charge is 0.454 e. The highest BCUT2D eigenvalue weighted by Crippen LogP contribution is 2.45. The van der Waals surface area contributed by atoms with E-state index in [1.165, 1.54) is 48.6 Å². The van der Waals surface area contributed by atoms with Gasteiger partial charge in [0, 0.05) is 22.9 Å². The Morgan fingerprint density at radius 2 is 1.86 bits per heavy atom. The van der Waals surface area contributed by atoms with Crippen molar-refractivity contribution in [2.75, 3.05) is 0 Å². The molecular formula is C26H25N2O+. The fourth-order valence-corrected chi connectivity index (χ4v) is 5.06.